The van der Waals surface area contributed by atoms with Gasteiger partial charge in [0.15, 0.2) is 0 Å². The Morgan fingerprint density at radius 3 is 2.19 bits per heavy atom. The third-order valence-corrected chi connectivity index (χ3v) is 4.50. The molecular weight excluding hydrogens is 348 g/mol. The van der Waals surface area contributed by atoms with E-state index in [0.29, 0.717) is 18.1 Å². The smallest absolute Gasteiger partial charge is 0.223 e. The molecule has 0 bridgehead atoms. The van der Waals surface area contributed by atoms with E-state index < -0.39 is 0 Å². The van der Waals surface area contributed by atoms with Gasteiger partial charge in [0.25, 0.3) is 0 Å². The van der Waals surface area contributed by atoms with Crippen LogP contribution in [0.15, 0.2) is 48.5 Å². The highest BCUT2D eigenvalue weighted by Gasteiger charge is 2.13. The number of nitrogens with one attached hydrogen (secondary N) is 1. The number of amides is 2. The normalized spacial score (nSPS) is 10.4. The molecule has 0 radical (unpaired) electrons. The van der Waals surface area contributed by atoms with Crippen molar-refractivity contribution < 1.29 is 9.59 Å². The van der Waals surface area contributed by atoms with Gasteiger partial charge in [-0.05, 0) is 48.2 Å². The van der Waals surface area contributed by atoms with Crippen LogP contribution in [0.5, 0.6) is 0 Å². The Bertz CT molecular complexity index is 727. The van der Waals surface area contributed by atoms with E-state index in [9.17, 15) is 9.59 Å². The van der Waals surface area contributed by atoms with Crippen LogP contribution in [0.3, 0.4) is 0 Å². The zero-order valence-electron chi connectivity index (χ0n) is 15.3. The molecule has 0 saturated heterocycles. The predicted molar refractivity (Wildman–Crippen MR) is 107 cm³/mol. The highest BCUT2D eigenvalue weighted by Crippen LogP contribution is 2.16. The summed E-state index contributed by atoms with van der Waals surface area (Å²) >= 11 is 5.86. The number of hydrogen-bond acceptors (Lipinski definition) is 2. The summed E-state index contributed by atoms with van der Waals surface area (Å²) in [5, 5.41) is 3.60. The van der Waals surface area contributed by atoms with Crippen LogP contribution in [0.25, 0.3) is 0 Å². The molecule has 0 heterocycles. The third kappa shape index (κ3) is 6.19. The van der Waals surface area contributed by atoms with E-state index in [1.165, 1.54) is 12.5 Å². The molecule has 0 spiro atoms. The lowest BCUT2D eigenvalue weighted by atomic mass is 10.1. The molecule has 0 fully saturated rings. The van der Waals surface area contributed by atoms with Crippen LogP contribution < -0.4 is 10.2 Å². The average Bonchev–Trinajstić information content (AvgIpc) is 2.64. The highest BCUT2D eigenvalue weighted by molar-refractivity contribution is 6.30. The minimum absolute atomic E-state index is 0.0598. The van der Waals surface area contributed by atoms with E-state index >= 15 is 0 Å². The molecule has 0 aliphatic heterocycles. The van der Waals surface area contributed by atoms with Crippen molar-refractivity contribution in [2.75, 3.05) is 18.0 Å². The minimum atomic E-state index is -0.0665. The van der Waals surface area contributed by atoms with Crippen molar-refractivity contribution in [3.63, 3.8) is 0 Å². The van der Waals surface area contributed by atoms with E-state index in [4.69, 9.17) is 11.6 Å². The topological polar surface area (TPSA) is 49.4 Å². The molecule has 2 aromatic rings. The van der Waals surface area contributed by atoms with Gasteiger partial charge in [-0.15, -0.1) is 0 Å². The Morgan fingerprint density at radius 1 is 1.00 bits per heavy atom. The summed E-state index contributed by atoms with van der Waals surface area (Å²) in [4.78, 5) is 25.6. The van der Waals surface area contributed by atoms with Crippen molar-refractivity contribution in [1.82, 2.24) is 5.32 Å². The van der Waals surface area contributed by atoms with Gasteiger partial charge in [-0.1, -0.05) is 42.8 Å². The molecule has 2 rings (SSSR count). The quantitative estimate of drug-likeness (QED) is 0.761. The van der Waals surface area contributed by atoms with Crippen LogP contribution in [0.2, 0.25) is 5.02 Å². The summed E-state index contributed by atoms with van der Waals surface area (Å²) in [6.07, 6.45) is 1.98. The number of halogens is 1. The highest BCUT2D eigenvalue weighted by atomic mass is 35.5. The Balaban J connectivity index is 1.81. The summed E-state index contributed by atoms with van der Waals surface area (Å²) < 4.78 is 0. The number of nitrogens with zero attached hydrogens (tertiary/aromatic N) is 1. The Labute approximate surface area is 160 Å². The van der Waals surface area contributed by atoms with E-state index in [2.05, 4.69) is 12.2 Å². The first kappa shape index (κ1) is 20.0. The monoisotopic (exact) mass is 372 g/mol. The van der Waals surface area contributed by atoms with Gasteiger partial charge in [-0.25, -0.2) is 0 Å². The van der Waals surface area contributed by atoms with Crippen molar-refractivity contribution >= 4 is 29.1 Å². The van der Waals surface area contributed by atoms with E-state index in [-0.39, 0.29) is 18.2 Å². The maximum Gasteiger partial charge on any atom is 0.223 e. The van der Waals surface area contributed by atoms with Gasteiger partial charge in [-0.3, -0.25) is 9.59 Å². The van der Waals surface area contributed by atoms with Crippen molar-refractivity contribution in [3.8, 4) is 0 Å². The van der Waals surface area contributed by atoms with Gasteiger partial charge in [0, 0.05) is 37.1 Å². The van der Waals surface area contributed by atoms with Crippen molar-refractivity contribution in [1.29, 1.82) is 0 Å². The lowest BCUT2D eigenvalue weighted by molar-refractivity contribution is -0.121. The van der Waals surface area contributed by atoms with Crippen molar-refractivity contribution in [3.05, 3.63) is 64.7 Å². The van der Waals surface area contributed by atoms with Crippen LogP contribution in [-0.2, 0) is 22.4 Å². The summed E-state index contributed by atoms with van der Waals surface area (Å²) in [5.41, 5.74) is 3.16. The average molecular weight is 373 g/mol. The largest absolute Gasteiger partial charge is 0.356 e. The number of benzene rings is 2. The van der Waals surface area contributed by atoms with E-state index in [1.807, 2.05) is 48.5 Å². The standard InChI is InChI=1S/C21H25ClN2O2/c1-3-17-6-10-20(11-7-17)24(16(2)25)15-13-21(26)23-14-12-18-4-8-19(22)9-5-18/h4-11H,3,12-15H2,1-2H3,(H,23,26). The lowest BCUT2D eigenvalue weighted by Gasteiger charge is -2.21. The van der Waals surface area contributed by atoms with Crippen molar-refractivity contribution in [2.45, 2.75) is 33.1 Å². The first-order chi connectivity index (χ1) is 12.5. The van der Waals surface area contributed by atoms with Crippen LogP contribution >= 0.6 is 11.6 Å². The minimum Gasteiger partial charge on any atom is -0.356 e. The zero-order chi connectivity index (χ0) is 18.9. The summed E-state index contributed by atoms with van der Waals surface area (Å²) in [7, 11) is 0. The van der Waals surface area contributed by atoms with Gasteiger partial charge in [0.2, 0.25) is 11.8 Å². The second kappa shape index (κ2) is 9.97. The molecule has 2 amide bonds. The summed E-state index contributed by atoms with van der Waals surface area (Å²) in [6.45, 7) is 4.54. The fraction of sp³-hybridized carbons (Fsp3) is 0.333. The number of carbonyl (C=O) groups is 2. The molecule has 0 saturated carbocycles. The molecule has 1 N–H and O–H groups in total. The van der Waals surface area contributed by atoms with Crippen LogP contribution in [0, 0.1) is 0 Å². The van der Waals surface area contributed by atoms with Crippen molar-refractivity contribution in [2.24, 2.45) is 0 Å². The van der Waals surface area contributed by atoms with Gasteiger partial charge < -0.3 is 10.2 Å². The first-order valence-corrected chi connectivity index (χ1v) is 9.25. The molecule has 0 unspecified atom stereocenters. The molecule has 0 atom stereocenters. The fourth-order valence-corrected chi connectivity index (χ4v) is 2.81. The molecule has 4 nitrogen and oxygen atoms in total. The molecule has 5 heteroatoms. The summed E-state index contributed by atoms with van der Waals surface area (Å²) in [5.74, 6) is -0.126. The lowest BCUT2D eigenvalue weighted by Crippen LogP contribution is -2.34. The molecule has 2 aromatic carbocycles. The van der Waals surface area contributed by atoms with Gasteiger partial charge in [0.1, 0.15) is 0 Å². The molecule has 26 heavy (non-hydrogen) atoms. The van der Waals surface area contributed by atoms with Gasteiger partial charge in [0.05, 0.1) is 0 Å². The van der Waals surface area contributed by atoms with E-state index in [0.717, 1.165) is 24.1 Å². The number of anilines is 1. The molecule has 138 valence electrons. The zero-order valence-corrected chi connectivity index (χ0v) is 16.1. The maximum atomic E-state index is 12.1. The third-order valence-electron chi connectivity index (χ3n) is 4.25. The predicted octanol–water partition coefficient (Wildman–Crippen LogP) is 4.00. The molecule has 0 aromatic heterocycles. The first-order valence-electron chi connectivity index (χ1n) is 8.87. The SMILES string of the molecule is CCc1ccc(N(CCC(=O)NCCc2ccc(Cl)cc2)C(C)=O)cc1. The maximum absolute atomic E-state index is 12.1. The number of carbonyl (C=O) groups excluding carboxylic acids is 2. The Hall–Kier alpha value is -2.33. The number of aryl methyl sites for hydroxylation is 1. The van der Waals surface area contributed by atoms with E-state index in [1.54, 1.807) is 4.90 Å². The second-order valence-corrected chi connectivity index (χ2v) is 6.60. The van der Waals surface area contributed by atoms with Crippen LogP contribution in [0.1, 0.15) is 31.4 Å². The summed E-state index contributed by atoms with van der Waals surface area (Å²) in [6, 6.07) is 15.5. The van der Waals surface area contributed by atoms with Crippen LogP contribution in [0.4, 0.5) is 5.69 Å². The Morgan fingerprint density at radius 2 is 1.62 bits per heavy atom. The molecule has 0 aliphatic rings. The number of hydrogen-bond donors (Lipinski definition) is 1. The van der Waals surface area contributed by atoms with Crippen LogP contribution in [-0.4, -0.2) is 24.9 Å². The second-order valence-electron chi connectivity index (χ2n) is 6.17. The Kier molecular flexibility index (Phi) is 7.67. The fourth-order valence-electron chi connectivity index (χ4n) is 2.68. The van der Waals surface area contributed by atoms with Gasteiger partial charge >= 0.3 is 0 Å². The van der Waals surface area contributed by atoms with Gasteiger partial charge in [-0.2, -0.15) is 0 Å². The molecule has 0 aliphatic carbocycles. The number of rotatable bonds is 8. The molecular formula is C21H25ClN2O2.